The van der Waals surface area contributed by atoms with Crippen molar-refractivity contribution >= 4 is 11.6 Å². The van der Waals surface area contributed by atoms with E-state index in [1.54, 1.807) is 25.6 Å². The van der Waals surface area contributed by atoms with E-state index in [0.717, 1.165) is 19.5 Å². The average molecular weight is 259 g/mol. The van der Waals surface area contributed by atoms with E-state index in [4.69, 9.17) is 21.1 Å². The van der Waals surface area contributed by atoms with Gasteiger partial charge in [0.25, 0.3) is 0 Å². The second-order valence-electron chi connectivity index (χ2n) is 3.74. The van der Waals surface area contributed by atoms with Crippen molar-refractivity contribution in [2.24, 2.45) is 0 Å². The van der Waals surface area contributed by atoms with Crippen molar-refractivity contribution < 1.29 is 9.47 Å². The highest BCUT2D eigenvalue weighted by Crippen LogP contribution is 2.16. The molecule has 0 aromatic carbocycles. The Kier molecular flexibility index (Phi) is 6.93. The van der Waals surface area contributed by atoms with Crippen LogP contribution in [0.4, 0.5) is 0 Å². The van der Waals surface area contributed by atoms with Gasteiger partial charge in [-0.1, -0.05) is 18.5 Å². The van der Waals surface area contributed by atoms with Gasteiger partial charge in [-0.2, -0.15) is 0 Å². The van der Waals surface area contributed by atoms with E-state index in [1.807, 2.05) is 0 Å². The maximum Gasteiger partial charge on any atom is 0.139 e. The number of halogens is 1. The quantitative estimate of drug-likeness (QED) is 0.726. The molecule has 0 spiro atoms. The fourth-order valence-corrected chi connectivity index (χ4v) is 1.57. The molecule has 1 atom stereocenters. The van der Waals surface area contributed by atoms with Crippen molar-refractivity contribution in [3.63, 3.8) is 0 Å². The zero-order chi connectivity index (χ0) is 12.5. The Morgan fingerprint density at radius 1 is 1.47 bits per heavy atom. The van der Waals surface area contributed by atoms with E-state index in [-0.39, 0.29) is 6.10 Å². The van der Waals surface area contributed by atoms with Gasteiger partial charge in [0.05, 0.1) is 17.8 Å². The van der Waals surface area contributed by atoms with Crippen molar-refractivity contribution in [2.75, 3.05) is 26.8 Å². The van der Waals surface area contributed by atoms with Gasteiger partial charge in [0, 0.05) is 25.9 Å². The Hall–Kier alpha value is -0.840. The first-order valence-corrected chi connectivity index (χ1v) is 6.11. The van der Waals surface area contributed by atoms with Crippen molar-refractivity contribution in [1.82, 2.24) is 10.3 Å². The maximum atomic E-state index is 5.84. The molecular formula is C12H19ClN2O2. The molecule has 4 nitrogen and oxygen atoms in total. The van der Waals surface area contributed by atoms with Crippen LogP contribution in [-0.2, 0) is 4.74 Å². The van der Waals surface area contributed by atoms with Crippen LogP contribution in [0, 0.1) is 0 Å². The summed E-state index contributed by atoms with van der Waals surface area (Å²) in [5.74, 6) is 0.665. The van der Waals surface area contributed by atoms with E-state index < -0.39 is 0 Å². The second-order valence-corrected chi connectivity index (χ2v) is 4.17. The summed E-state index contributed by atoms with van der Waals surface area (Å²) in [7, 11) is 1.66. The molecule has 17 heavy (non-hydrogen) atoms. The molecule has 1 N–H and O–H groups in total. The first-order valence-electron chi connectivity index (χ1n) is 5.73. The smallest absolute Gasteiger partial charge is 0.139 e. The highest BCUT2D eigenvalue weighted by atomic mass is 35.5. The molecule has 0 amide bonds. The minimum Gasteiger partial charge on any atom is -0.485 e. The number of pyridine rings is 1. The normalized spacial score (nSPS) is 12.4. The Balaban J connectivity index is 2.47. The molecule has 0 aliphatic rings. The van der Waals surface area contributed by atoms with Gasteiger partial charge in [-0.05, 0) is 13.0 Å². The molecule has 1 heterocycles. The lowest BCUT2D eigenvalue weighted by Gasteiger charge is -2.18. The van der Waals surface area contributed by atoms with Gasteiger partial charge in [-0.15, -0.1) is 0 Å². The molecule has 1 aromatic heterocycles. The summed E-state index contributed by atoms with van der Waals surface area (Å²) >= 11 is 5.84. The molecular weight excluding hydrogens is 240 g/mol. The minimum atomic E-state index is -0.0354. The molecule has 5 heteroatoms. The number of nitrogens with zero attached hydrogens (tertiary/aromatic N) is 1. The first kappa shape index (κ1) is 14.2. The van der Waals surface area contributed by atoms with E-state index >= 15 is 0 Å². The van der Waals surface area contributed by atoms with Gasteiger partial charge in [0.2, 0.25) is 0 Å². The lowest BCUT2D eigenvalue weighted by molar-refractivity contribution is 0.0805. The number of hydrogen-bond acceptors (Lipinski definition) is 4. The van der Waals surface area contributed by atoms with Crippen molar-refractivity contribution in [2.45, 2.75) is 19.4 Å². The van der Waals surface area contributed by atoms with Crippen LogP contribution in [0.5, 0.6) is 5.75 Å². The third-order valence-corrected chi connectivity index (χ3v) is 2.34. The van der Waals surface area contributed by atoms with Gasteiger partial charge < -0.3 is 14.8 Å². The topological polar surface area (TPSA) is 43.4 Å². The average Bonchev–Trinajstić information content (AvgIpc) is 2.29. The Morgan fingerprint density at radius 2 is 2.29 bits per heavy atom. The molecule has 0 aliphatic heterocycles. The molecule has 96 valence electrons. The van der Waals surface area contributed by atoms with Gasteiger partial charge in [-0.25, -0.2) is 0 Å². The highest BCUT2D eigenvalue weighted by Gasteiger charge is 2.10. The lowest BCUT2D eigenvalue weighted by atomic mass is 10.3. The predicted octanol–water partition coefficient (Wildman–Crippen LogP) is 2.13. The third kappa shape index (κ3) is 5.86. The Labute approximate surface area is 107 Å². The molecule has 0 bridgehead atoms. The van der Waals surface area contributed by atoms with Crippen LogP contribution < -0.4 is 10.1 Å². The molecule has 0 aliphatic carbocycles. The molecule has 1 aromatic rings. The summed E-state index contributed by atoms with van der Waals surface area (Å²) < 4.78 is 10.9. The summed E-state index contributed by atoms with van der Waals surface area (Å²) in [4.78, 5) is 3.98. The van der Waals surface area contributed by atoms with Crippen molar-refractivity contribution in [3.8, 4) is 5.75 Å². The highest BCUT2D eigenvalue weighted by molar-refractivity contribution is 6.30. The summed E-state index contributed by atoms with van der Waals surface area (Å²) in [6.45, 7) is 4.37. The fourth-order valence-electron chi connectivity index (χ4n) is 1.41. The van der Waals surface area contributed by atoms with Crippen molar-refractivity contribution in [1.29, 1.82) is 0 Å². The second kappa shape index (κ2) is 8.28. The van der Waals surface area contributed by atoms with Crippen LogP contribution in [0.2, 0.25) is 5.02 Å². The monoisotopic (exact) mass is 258 g/mol. The summed E-state index contributed by atoms with van der Waals surface area (Å²) in [6, 6.07) is 1.75. The summed E-state index contributed by atoms with van der Waals surface area (Å²) in [6.07, 6.45) is 4.29. The third-order valence-electron chi connectivity index (χ3n) is 2.13. The van der Waals surface area contributed by atoms with Crippen LogP contribution in [0.3, 0.4) is 0 Å². The first-order chi connectivity index (χ1) is 8.26. The van der Waals surface area contributed by atoms with Gasteiger partial charge >= 0.3 is 0 Å². The molecule has 0 radical (unpaired) electrons. The van der Waals surface area contributed by atoms with E-state index in [9.17, 15) is 0 Å². The van der Waals surface area contributed by atoms with Gasteiger partial charge in [0.15, 0.2) is 0 Å². The van der Waals surface area contributed by atoms with E-state index in [1.165, 1.54) is 0 Å². The zero-order valence-corrected chi connectivity index (χ0v) is 11.0. The summed E-state index contributed by atoms with van der Waals surface area (Å²) in [5.41, 5.74) is 0. The lowest BCUT2D eigenvalue weighted by Crippen LogP contribution is -2.35. The minimum absolute atomic E-state index is 0.0354. The van der Waals surface area contributed by atoms with Crippen molar-refractivity contribution in [3.05, 3.63) is 23.5 Å². The van der Waals surface area contributed by atoms with Crippen LogP contribution in [0.1, 0.15) is 13.3 Å². The Morgan fingerprint density at radius 3 is 2.94 bits per heavy atom. The largest absolute Gasteiger partial charge is 0.485 e. The van der Waals surface area contributed by atoms with Crippen LogP contribution >= 0.6 is 11.6 Å². The SMILES string of the molecule is CCCNCC(COC)Oc1cncc(Cl)c1. The number of ether oxygens (including phenoxy) is 2. The summed E-state index contributed by atoms with van der Waals surface area (Å²) in [5, 5.41) is 3.87. The van der Waals surface area contributed by atoms with Crippen LogP contribution in [-0.4, -0.2) is 37.9 Å². The maximum absolute atomic E-state index is 5.84. The Bertz CT molecular complexity index is 323. The molecule has 1 unspecified atom stereocenters. The molecule has 1 rings (SSSR count). The fraction of sp³-hybridized carbons (Fsp3) is 0.583. The zero-order valence-electron chi connectivity index (χ0n) is 10.3. The molecule has 0 saturated carbocycles. The predicted molar refractivity (Wildman–Crippen MR) is 68.7 cm³/mol. The standard InChI is InChI=1S/C12H19ClN2O2/c1-3-4-14-8-12(9-16-2)17-11-5-10(13)6-15-7-11/h5-7,12,14H,3-4,8-9H2,1-2H3. The number of hydrogen-bond donors (Lipinski definition) is 1. The number of methoxy groups -OCH3 is 1. The van der Waals surface area contributed by atoms with Gasteiger partial charge in [0.1, 0.15) is 11.9 Å². The van der Waals surface area contributed by atoms with E-state index in [0.29, 0.717) is 17.4 Å². The number of nitrogens with one attached hydrogen (secondary N) is 1. The number of rotatable bonds is 8. The number of aromatic nitrogens is 1. The van der Waals surface area contributed by atoms with E-state index in [2.05, 4.69) is 17.2 Å². The molecule has 0 fully saturated rings. The van der Waals surface area contributed by atoms with Crippen LogP contribution in [0.15, 0.2) is 18.5 Å². The van der Waals surface area contributed by atoms with Crippen LogP contribution in [0.25, 0.3) is 0 Å². The molecule has 0 saturated heterocycles. The van der Waals surface area contributed by atoms with Gasteiger partial charge in [-0.3, -0.25) is 4.98 Å².